The summed E-state index contributed by atoms with van der Waals surface area (Å²) >= 11 is 3.41. The predicted molar refractivity (Wildman–Crippen MR) is 65.1 cm³/mol. The molecular weight excluding hydrogens is 271 g/mol. The summed E-state index contributed by atoms with van der Waals surface area (Å²) in [5.74, 6) is -0.206. The van der Waals surface area contributed by atoms with Gasteiger partial charge in [-0.25, -0.2) is 4.39 Å². The molecule has 2 aromatic rings. The molecule has 1 heterocycles. The Morgan fingerprint density at radius 3 is 2.56 bits per heavy atom. The van der Waals surface area contributed by atoms with Crippen molar-refractivity contribution >= 4 is 15.9 Å². The van der Waals surface area contributed by atoms with Crippen molar-refractivity contribution in [3.63, 3.8) is 0 Å². The minimum absolute atomic E-state index is 0.206. The van der Waals surface area contributed by atoms with Crippen LogP contribution in [0.15, 0.2) is 30.5 Å². The number of nitrogens with zero attached hydrogens (tertiary/aromatic N) is 2. The number of halogens is 2. The summed E-state index contributed by atoms with van der Waals surface area (Å²) in [5, 5.41) is 5.10. The molecule has 0 aliphatic rings. The fourth-order valence-electron chi connectivity index (χ4n) is 1.54. The average molecular weight is 283 g/mol. The number of alkyl halides is 1. The second-order valence-corrected chi connectivity index (χ2v) is 4.23. The lowest BCUT2D eigenvalue weighted by Crippen LogP contribution is -2.04. The second kappa shape index (κ2) is 4.78. The van der Waals surface area contributed by atoms with Gasteiger partial charge in [-0.1, -0.05) is 28.1 Å². The van der Waals surface area contributed by atoms with Crippen molar-refractivity contribution in [1.82, 2.24) is 9.78 Å². The molecule has 0 saturated carbocycles. The van der Waals surface area contributed by atoms with E-state index >= 15 is 0 Å². The zero-order chi connectivity index (χ0) is 11.5. The van der Waals surface area contributed by atoms with Gasteiger partial charge in [0.1, 0.15) is 5.82 Å². The van der Waals surface area contributed by atoms with Crippen molar-refractivity contribution in [1.29, 1.82) is 0 Å². The van der Waals surface area contributed by atoms with Crippen molar-refractivity contribution in [3.05, 3.63) is 53.1 Å². The largest absolute Gasteiger partial charge is 0.265 e. The highest BCUT2D eigenvalue weighted by Crippen LogP contribution is 2.13. The molecule has 84 valence electrons. The standard InChI is InChI=1S/C12H12BrFN2/c1-9-11(6-13)7-15-16(9)8-10-2-4-12(14)5-3-10/h2-5,7H,6,8H2,1H3. The van der Waals surface area contributed by atoms with Gasteiger partial charge in [-0.05, 0) is 24.6 Å². The first-order chi connectivity index (χ1) is 7.70. The normalized spacial score (nSPS) is 10.7. The lowest BCUT2D eigenvalue weighted by atomic mass is 10.2. The first-order valence-corrected chi connectivity index (χ1v) is 6.14. The van der Waals surface area contributed by atoms with Crippen LogP contribution in [-0.2, 0) is 11.9 Å². The van der Waals surface area contributed by atoms with Crippen molar-refractivity contribution in [2.75, 3.05) is 0 Å². The minimum atomic E-state index is -0.206. The topological polar surface area (TPSA) is 17.8 Å². The third-order valence-corrected chi connectivity index (χ3v) is 3.20. The summed E-state index contributed by atoms with van der Waals surface area (Å²) in [6, 6.07) is 6.51. The van der Waals surface area contributed by atoms with Crippen LogP contribution in [0.5, 0.6) is 0 Å². The smallest absolute Gasteiger partial charge is 0.123 e. The highest BCUT2D eigenvalue weighted by atomic mass is 79.9. The van der Waals surface area contributed by atoms with E-state index in [1.54, 1.807) is 12.1 Å². The Balaban J connectivity index is 2.20. The van der Waals surface area contributed by atoms with Crippen molar-refractivity contribution in [3.8, 4) is 0 Å². The van der Waals surface area contributed by atoms with Crippen LogP contribution in [0.25, 0.3) is 0 Å². The van der Waals surface area contributed by atoms with E-state index in [-0.39, 0.29) is 5.82 Å². The Labute approximate surface area is 102 Å². The number of benzene rings is 1. The van der Waals surface area contributed by atoms with Crippen LogP contribution in [0.1, 0.15) is 16.8 Å². The van der Waals surface area contributed by atoms with Crippen LogP contribution in [0.4, 0.5) is 4.39 Å². The Hall–Kier alpha value is -1.16. The highest BCUT2D eigenvalue weighted by Gasteiger charge is 2.05. The van der Waals surface area contributed by atoms with E-state index in [2.05, 4.69) is 21.0 Å². The van der Waals surface area contributed by atoms with Gasteiger partial charge in [-0.15, -0.1) is 0 Å². The highest BCUT2D eigenvalue weighted by molar-refractivity contribution is 9.08. The fourth-order valence-corrected chi connectivity index (χ4v) is 2.09. The summed E-state index contributed by atoms with van der Waals surface area (Å²) in [6.07, 6.45) is 1.85. The summed E-state index contributed by atoms with van der Waals surface area (Å²) in [5.41, 5.74) is 3.37. The molecule has 1 aromatic carbocycles. The van der Waals surface area contributed by atoms with Gasteiger partial charge in [-0.3, -0.25) is 4.68 Å². The van der Waals surface area contributed by atoms with Crippen molar-refractivity contribution < 1.29 is 4.39 Å². The van der Waals surface area contributed by atoms with Gasteiger partial charge >= 0.3 is 0 Å². The molecule has 0 N–H and O–H groups in total. The summed E-state index contributed by atoms with van der Waals surface area (Å²) in [4.78, 5) is 0. The first-order valence-electron chi connectivity index (χ1n) is 5.02. The zero-order valence-corrected chi connectivity index (χ0v) is 10.5. The van der Waals surface area contributed by atoms with E-state index < -0.39 is 0 Å². The molecule has 0 bridgehead atoms. The Morgan fingerprint density at radius 1 is 1.31 bits per heavy atom. The summed E-state index contributed by atoms with van der Waals surface area (Å²) < 4.78 is 14.7. The maximum atomic E-state index is 12.7. The molecule has 2 rings (SSSR count). The van der Waals surface area contributed by atoms with Gasteiger partial charge < -0.3 is 0 Å². The van der Waals surface area contributed by atoms with Crippen molar-refractivity contribution in [2.24, 2.45) is 0 Å². The number of hydrogen-bond acceptors (Lipinski definition) is 1. The molecule has 0 aliphatic heterocycles. The van der Waals surface area contributed by atoms with Crippen LogP contribution in [0.2, 0.25) is 0 Å². The SMILES string of the molecule is Cc1c(CBr)cnn1Cc1ccc(F)cc1. The molecule has 1 aromatic heterocycles. The third-order valence-electron chi connectivity index (χ3n) is 2.59. The predicted octanol–water partition coefficient (Wildman–Crippen LogP) is 3.27. The Morgan fingerprint density at radius 2 is 2.00 bits per heavy atom. The van der Waals surface area contributed by atoms with Gasteiger partial charge in [0, 0.05) is 16.6 Å². The van der Waals surface area contributed by atoms with Crippen molar-refractivity contribution in [2.45, 2.75) is 18.8 Å². The first kappa shape index (κ1) is 11.3. The van der Waals surface area contributed by atoms with Crippen LogP contribution in [-0.4, -0.2) is 9.78 Å². The molecule has 0 atom stereocenters. The van der Waals surface area contributed by atoms with Gasteiger partial charge in [0.25, 0.3) is 0 Å². The Kier molecular flexibility index (Phi) is 3.39. The second-order valence-electron chi connectivity index (χ2n) is 3.67. The molecule has 0 aliphatic carbocycles. The molecule has 0 saturated heterocycles. The molecule has 2 nitrogen and oxygen atoms in total. The maximum Gasteiger partial charge on any atom is 0.123 e. The van der Waals surface area contributed by atoms with E-state index in [1.807, 2.05) is 17.8 Å². The number of hydrogen-bond donors (Lipinski definition) is 0. The van der Waals surface area contributed by atoms with Crippen LogP contribution in [0, 0.1) is 12.7 Å². The molecule has 16 heavy (non-hydrogen) atoms. The van der Waals surface area contributed by atoms with Gasteiger partial charge in [0.05, 0.1) is 12.7 Å². The number of aromatic nitrogens is 2. The van der Waals surface area contributed by atoms with E-state index in [1.165, 1.54) is 17.7 Å². The molecule has 4 heteroatoms. The van der Waals surface area contributed by atoms with E-state index in [4.69, 9.17) is 0 Å². The molecule has 0 unspecified atom stereocenters. The molecular formula is C12H12BrFN2. The minimum Gasteiger partial charge on any atom is -0.265 e. The summed E-state index contributed by atoms with van der Waals surface area (Å²) in [7, 11) is 0. The van der Waals surface area contributed by atoms with Gasteiger partial charge in [-0.2, -0.15) is 5.10 Å². The lowest BCUT2D eigenvalue weighted by molar-refractivity contribution is 0.623. The Bertz CT molecular complexity index is 476. The number of rotatable bonds is 3. The van der Waals surface area contributed by atoms with E-state index in [0.717, 1.165) is 16.6 Å². The van der Waals surface area contributed by atoms with Crippen LogP contribution in [0.3, 0.4) is 0 Å². The van der Waals surface area contributed by atoms with E-state index in [0.29, 0.717) is 6.54 Å². The fraction of sp³-hybridized carbons (Fsp3) is 0.250. The lowest BCUT2D eigenvalue weighted by Gasteiger charge is -2.05. The molecule has 0 spiro atoms. The quantitative estimate of drug-likeness (QED) is 0.790. The summed E-state index contributed by atoms with van der Waals surface area (Å²) in [6.45, 7) is 2.71. The molecule has 0 amide bonds. The van der Waals surface area contributed by atoms with E-state index in [9.17, 15) is 4.39 Å². The van der Waals surface area contributed by atoms with Gasteiger partial charge in [0.2, 0.25) is 0 Å². The molecule has 0 radical (unpaired) electrons. The van der Waals surface area contributed by atoms with Crippen LogP contribution >= 0.6 is 15.9 Å². The average Bonchev–Trinajstić information content (AvgIpc) is 2.63. The third kappa shape index (κ3) is 2.32. The molecule has 0 fully saturated rings. The van der Waals surface area contributed by atoms with Gasteiger partial charge in [0.15, 0.2) is 0 Å². The van der Waals surface area contributed by atoms with Crippen LogP contribution < -0.4 is 0 Å². The monoisotopic (exact) mass is 282 g/mol. The maximum absolute atomic E-state index is 12.7. The zero-order valence-electron chi connectivity index (χ0n) is 8.95.